The van der Waals surface area contributed by atoms with Crippen LogP contribution in [0, 0.1) is 0 Å². The maximum atomic E-state index is 12.6. The molecule has 0 aliphatic rings. The molecule has 11 heteroatoms. The number of alkyl halides is 6. The molecule has 0 spiro atoms. The monoisotopic (exact) mass is 322 g/mol. The summed E-state index contributed by atoms with van der Waals surface area (Å²) in [6.07, 6.45) is -10.6. The molecule has 0 saturated carbocycles. The number of nitrogens with zero attached hydrogens (tertiary/aromatic N) is 1. The highest BCUT2D eigenvalue weighted by molar-refractivity contribution is 6.67. The van der Waals surface area contributed by atoms with E-state index in [0.717, 1.165) is 0 Å². The van der Waals surface area contributed by atoms with Crippen molar-refractivity contribution in [3.05, 3.63) is 22.9 Å². The fourth-order valence-electron chi connectivity index (χ4n) is 1.25. The second kappa shape index (κ2) is 5.44. The van der Waals surface area contributed by atoms with Crippen molar-refractivity contribution in [2.45, 2.75) is 19.1 Å². The number of pyridine rings is 1. The van der Waals surface area contributed by atoms with Crippen LogP contribution in [0.25, 0.3) is 0 Å². The number of aromatic nitrogens is 1. The summed E-state index contributed by atoms with van der Waals surface area (Å²) in [6, 6.07) is 0.240. The lowest BCUT2D eigenvalue weighted by atomic mass is 10.1. The Balaban J connectivity index is 3.52. The maximum Gasteiger partial charge on any atom is 0.574 e. The minimum absolute atomic E-state index is 0.240. The molecule has 2 N–H and O–H groups in total. The molecule has 1 heterocycles. The van der Waals surface area contributed by atoms with E-state index in [-0.39, 0.29) is 6.07 Å². The SMILES string of the molecule is NCc1cc(C(F)(F)F)c(OC(F)(F)F)nc1C(=O)Cl. The van der Waals surface area contributed by atoms with Crippen LogP contribution in [-0.2, 0) is 12.7 Å². The number of ether oxygens (including phenoxy) is 1. The summed E-state index contributed by atoms with van der Waals surface area (Å²) in [6.45, 7) is -0.573. The summed E-state index contributed by atoms with van der Waals surface area (Å²) in [5.41, 5.74) is 2.00. The average Bonchev–Trinajstić information content (AvgIpc) is 2.24. The first-order valence-corrected chi connectivity index (χ1v) is 5.10. The largest absolute Gasteiger partial charge is 0.574 e. The van der Waals surface area contributed by atoms with Gasteiger partial charge >= 0.3 is 12.5 Å². The lowest BCUT2D eigenvalue weighted by Gasteiger charge is -2.16. The highest BCUT2D eigenvalue weighted by Crippen LogP contribution is 2.38. The number of hydrogen-bond acceptors (Lipinski definition) is 4. The van der Waals surface area contributed by atoms with Gasteiger partial charge in [0.05, 0.1) is 0 Å². The van der Waals surface area contributed by atoms with Crippen LogP contribution >= 0.6 is 11.6 Å². The van der Waals surface area contributed by atoms with E-state index in [2.05, 4.69) is 9.72 Å². The summed E-state index contributed by atoms with van der Waals surface area (Å²) in [7, 11) is 0. The lowest BCUT2D eigenvalue weighted by Crippen LogP contribution is -2.23. The zero-order valence-corrected chi connectivity index (χ0v) is 10.0. The molecule has 20 heavy (non-hydrogen) atoms. The van der Waals surface area contributed by atoms with Crippen molar-refractivity contribution in [2.24, 2.45) is 5.73 Å². The van der Waals surface area contributed by atoms with Gasteiger partial charge in [-0.25, -0.2) is 4.98 Å². The molecule has 0 aliphatic heterocycles. The highest BCUT2D eigenvalue weighted by Gasteiger charge is 2.41. The van der Waals surface area contributed by atoms with Crippen molar-refractivity contribution in [3.8, 4) is 5.88 Å². The molecule has 0 aromatic carbocycles. The molecular formula is C9H5ClF6N2O2. The quantitative estimate of drug-likeness (QED) is 0.686. The number of hydrogen-bond donors (Lipinski definition) is 1. The maximum absolute atomic E-state index is 12.6. The van der Waals surface area contributed by atoms with Gasteiger partial charge in [0, 0.05) is 6.54 Å². The van der Waals surface area contributed by atoms with Crippen LogP contribution in [-0.4, -0.2) is 16.6 Å². The zero-order chi connectivity index (χ0) is 15.7. The van der Waals surface area contributed by atoms with Crippen LogP contribution in [0.3, 0.4) is 0 Å². The predicted molar refractivity (Wildman–Crippen MR) is 54.0 cm³/mol. The van der Waals surface area contributed by atoms with Gasteiger partial charge in [-0.05, 0) is 23.2 Å². The Bertz CT molecular complexity index is 528. The van der Waals surface area contributed by atoms with Gasteiger partial charge in [-0.15, -0.1) is 13.2 Å². The Morgan fingerprint density at radius 1 is 1.30 bits per heavy atom. The molecule has 0 saturated heterocycles. The van der Waals surface area contributed by atoms with Crippen LogP contribution in [0.4, 0.5) is 26.3 Å². The van der Waals surface area contributed by atoms with Crippen molar-refractivity contribution in [1.29, 1.82) is 0 Å². The van der Waals surface area contributed by atoms with Gasteiger partial charge in [-0.3, -0.25) is 4.79 Å². The van der Waals surface area contributed by atoms with Crippen LogP contribution in [0.15, 0.2) is 6.07 Å². The van der Waals surface area contributed by atoms with Gasteiger partial charge in [0.15, 0.2) is 0 Å². The van der Waals surface area contributed by atoms with Crippen molar-refractivity contribution >= 4 is 16.8 Å². The third-order valence-electron chi connectivity index (χ3n) is 1.99. The molecule has 112 valence electrons. The van der Waals surface area contributed by atoms with E-state index in [1.165, 1.54) is 0 Å². The van der Waals surface area contributed by atoms with Crippen LogP contribution in [0.1, 0.15) is 21.6 Å². The zero-order valence-electron chi connectivity index (χ0n) is 9.27. The van der Waals surface area contributed by atoms with Crippen molar-refractivity contribution in [3.63, 3.8) is 0 Å². The molecular weight excluding hydrogens is 318 g/mol. The summed E-state index contributed by atoms with van der Waals surface area (Å²) in [4.78, 5) is 13.8. The molecule has 4 nitrogen and oxygen atoms in total. The van der Waals surface area contributed by atoms with Gasteiger partial charge in [0.2, 0.25) is 5.88 Å². The molecule has 0 bridgehead atoms. The van der Waals surface area contributed by atoms with Crippen molar-refractivity contribution in [2.75, 3.05) is 0 Å². The fourth-order valence-corrected chi connectivity index (χ4v) is 1.42. The van der Waals surface area contributed by atoms with Crippen molar-refractivity contribution < 1.29 is 35.9 Å². The standard InChI is InChI=1S/C9H5ClF6N2O2/c10-6(19)5-3(2-17)1-4(8(11,12)13)7(18-5)20-9(14,15)16/h1H,2,17H2. The van der Waals surface area contributed by atoms with Gasteiger partial charge in [-0.2, -0.15) is 13.2 Å². The third kappa shape index (κ3) is 3.97. The molecule has 0 amide bonds. The van der Waals surface area contributed by atoms with E-state index in [1.807, 2.05) is 0 Å². The Labute approximate surface area is 112 Å². The highest BCUT2D eigenvalue weighted by atomic mass is 35.5. The second-order valence-electron chi connectivity index (χ2n) is 3.37. The second-order valence-corrected chi connectivity index (χ2v) is 3.72. The number of nitrogens with two attached hydrogens (primary N) is 1. The van der Waals surface area contributed by atoms with E-state index in [4.69, 9.17) is 17.3 Å². The van der Waals surface area contributed by atoms with E-state index >= 15 is 0 Å². The molecule has 1 aromatic heterocycles. The number of halogens is 7. The Hall–Kier alpha value is -1.55. The van der Waals surface area contributed by atoms with E-state index in [1.54, 1.807) is 0 Å². The van der Waals surface area contributed by atoms with Gasteiger partial charge in [0.1, 0.15) is 11.3 Å². The first kappa shape index (κ1) is 16.5. The third-order valence-corrected chi connectivity index (χ3v) is 2.17. The molecule has 1 rings (SSSR count). The van der Waals surface area contributed by atoms with Crippen LogP contribution in [0.2, 0.25) is 0 Å². The number of carbonyl (C=O) groups excluding carboxylic acids is 1. The smallest absolute Gasteiger partial charge is 0.387 e. The normalized spacial score (nSPS) is 12.4. The minimum atomic E-state index is -5.41. The first-order chi connectivity index (χ1) is 8.95. The van der Waals surface area contributed by atoms with E-state index < -0.39 is 47.0 Å². The summed E-state index contributed by atoms with van der Waals surface area (Å²) >= 11 is 5.02. The molecule has 0 radical (unpaired) electrons. The lowest BCUT2D eigenvalue weighted by molar-refractivity contribution is -0.277. The van der Waals surface area contributed by atoms with E-state index in [9.17, 15) is 31.1 Å². The molecule has 1 aromatic rings. The first-order valence-electron chi connectivity index (χ1n) is 4.72. The Morgan fingerprint density at radius 3 is 2.20 bits per heavy atom. The van der Waals surface area contributed by atoms with Gasteiger partial charge in [0.25, 0.3) is 5.24 Å². The summed E-state index contributed by atoms with van der Waals surface area (Å²) < 4.78 is 77.2. The summed E-state index contributed by atoms with van der Waals surface area (Å²) in [5, 5.41) is -1.36. The number of carbonyl (C=O) groups is 1. The fraction of sp³-hybridized carbons (Fsp3) is 0.333. The Kier molecular flexibility index (Phi) is 4.49. The van der Waals surface area contributed by atoms with Crippen LogP contribution in [0.5, 0.6) is 5.88 Å². The van der Waals surface area contributed by atoms with Crippen LogP contribution < -0.4 is 10.5 Å². The molecule has 0 fully saturated rings. The van der Waals surface area contributed by atoms with Gasteiger partial charge < -0.3 is 10.5 Å². The van der Waals surface area contributed by atoms with Gasteiger partial charge in [-0.1, -0.05) is 0 Å². The molecule has 0 unspecified atom stereocenters. The molecule has 0 aliphatic carbocycles. The van der Waals surface area contributed by atoms with E-state index in [0.29, 0.717) is 0 Å². The topological polar surface area (TPSA) is 65.2 Å². The predicted octanol–water partition coefficient (Wildman–Crippen LogP) is 2.84. The summed E-state index contributed by atoms with van der Waals surface area (Å²) in [5.74, 6) is -1.81. The minimum Gasteiger partial charge on any atom is -0.387 e. The number of rotatable bonds is 3. The molecule has 0 atom stereocenters. The van der Waals surface area contributed by atoms with Crippen molar-refractivity contribution in [1.82, 2.24) is 4.98 Å². The average molecular weight is 323 g/mol. The Morgan fingerprint density at radius 2 is 1.85 bits per heavy atom.